The number of carbonyl (C=O) groups is 5. The van der Waals surface area contributed by atoms with Gasteiger partial charge in [-0.3, -0.25) is 19.2 Å². The molecular formula is C33H40O10. The molecule has 0 aromatic heterocycles. The molecule has 1 saturated heterocycles. The lowest BCUT2D eigenvalue weighted by atomic mass is 9.80. The molecule has 0 radical (unpaired) electrons. The van der Waals surface area contributed by atoms with Gasteiger partial charge < -0.3 is 23.7 Å². The lowest BCUT2D eigenvalue weighted by Crippen LogP contribution is -2.43. The summed E-state index contributed by atoms with van der Waals surface area (Å²) in [6.45, 7) is 13.1. The van der Waals surface area contributed by atoms with Crippen molar-refractivity contribution in [3.05, 3.63) is 47.5 Å². The molecule has 5 rings (SSSR count). The average Bonchev–Trinajstić information content (AvgIpc) is 3.71. The van der Waals surface area contributed by atoms with Crippen LogP contribution in [0.1, 0.15) is 72.2 Å². The van der Waals surface area contributed by atoms with Crippen molar-refractivity contribution in [3.8, 4) is 0 Å². The van der Waals surface area contributed by atoms with Gasteiger partial charge in [0.2, 0.25) is 0 Å². The Labute approximate surface area is 251 Å². The van der Waals surface area contributed by atoms with E-state index in [4.69, 9.17) is 23.7 Å². The molecular weight excluding hydrogens is 556 g/mol. The van der Waals surface area contributed by atoms with Crippen LogP contribution in [0.4, 0.5) is 0 Å². The van der Waals surface area contributed by atoms with Gasteiger partial charge in [0.15, 0.2) is 23.1 Å². The number of Topliss-reactive ketones (excluding diaryl/α,β-unsaturated/α-hetero) is 1. The minimum Gasteiger partial charge on any atom is -0.461 e. The molecule has 1 heterocycles. The summed E-state index contributed by atoms with van der Waals surface area (Å²) in [5.41, 5.74) is -2.45. The van der Waals surface area contributed by atoms with Crippen LogP contribution in [0.3, 0.4) is 0 Å². The third-order valence-corrected chi connectivity index (χ3v) is 9.82. The number of benzene rings is 1. The Kier molecular flexibility index (Phi) is 7.60. The number of carbonyl (C=O) groups excluding carboxylic acids is 5. The third kappa shape index (κ3) is 4.97. The van der Waals surface area contributed by atoms with E-state index < -0.39 is 82.7 Å². The first-order chi connectivity index (χ1) is 20.1. The summed E-state index contributed by atoms with van der Waals surface area (Å²) in [5.74, 6) is -4.41. The van der Waals surface area contributed by atoms with Gasteiger partial charge in [-0.05, 0) is 48.5 Å². The molecule has 4 aliphatic rings. The van der Waals surface area contributed by atoms with Crippen LogP contribution >= 0.6 is 0 Å². The lowest BCUT2D eigenvalue weighted by molar-refractivity contribution is -0.158. The molecule has 232 valence electrons. The minimum absolute atomic E-state index is 0.243. The highest BCUT2D eigenvalue weighted by atomic mass is 16.7. The summed E-state index contributed by atoms with van der Waals surface area (Å²) >= 11 is 0. The van der Waals surface area contributed by atoms with Crippen molar-refractivity contribution in [2.75, 3.05) is 0 Å². The Balaban J connectivity index is 1.70. The van der Waals surface area contributed by atoms with Crippen LogP contribution in [0.2, 0.25) is 0 Å². The number of epoxide rings is 1. The first-order valence-corrected chi connectivity index (χ1v) is 14.8. The van der Waals surface area contributed by atoms with Crippen LogP contribution in [-0.4, -0.2) is 65.3 Å². The Hall–Kier alpha value is -3.53. The quantitative estimate of drug-likeness (QED) is 0.212. The largest absolute Gasteiger partial charge is 0.461 e. The number of hydrogen-bond acceptors (Lipinski definition) is 10. The molecule has 0 amide bonds. The second kappa shape index (κ2) is 10.6. The zero-order valence-corrected chi connectivity index (χ0v) is 25.9. The number of hydrogen-bond donors (Lipinski definition) is 0. The molecule has 10 atom stereocenters. The van der Waals surface area contributed by atoms with Crippen molar-refractivity contribution in [3.63, 3.8) is 0 Å². The van der Waals surface area contributed by atoms with E-state index in [0.29, 0.717) is 11.1 Å². The lowest BCUT2D eigenvalue weighted by Gasteiger charge is -2.30. The van der Waals surface area contributed by atoms with Crippen LogP contribution in [0.5, 0.6) is 0 Å². The molecule has 1 unspecified atom stereocenters. The molecule has 0 spiro atoms. The highest BCUT2D eigenvalue weighted by Gasteiger charge is 2.84. The Morgan fingerprint density at radius 1 is 0.837 bits per heavy atom. The van der Waals surface area contributed by atoms with Crippen molar-refractivity contribution in [2.24, 2.45) is 29.1 Å². The Morgan fingerprint density at radius 2 is 1.40 bits per heavy atom. The summed E-state index contributed by atoms with van der Waals surface area (Å²) in [7, 11) is 0. The molecule has 2 saturated carbocycles. The van der Waals surface area contributed by atoms with E-state index in [-0.39, 0.29) is 18.1 Å². The highest BCUT2D eigenvalue weighted by Crippen LogP contribution is 2.68. The van der Waals surface area contributed by atoms with E-state index in [0.717, 1.165) is 0 Å². The molecule has 3 fully saturated rings. The third-order valence-electron chi connectivity index (χ3n) is 9.82. The van der Waals surface area contributed by atoms with Gasteiger partial charge >= 0.3 is 23.9 Å². The second-order valence-corrected chi connectivity index (χ2v) is 13.2. The van der Waals surface area contributed by atoms with E-state index in [2.05, 4.69) is 0 Å². The monoisotopic (exact) mass is 596 g/mol. The van der Waals surface area contributed by atoms with Crippen LogP contribution in [0.15, 0.2) is 42.0 Å². The molecule has 1 aromatic rings. The average molecular weight is 597 g/mol. The van der Waals surface area contributed by atoms with Crippen LogP contribution < -0.4 is 0 Å². The topological polar surface area (TPSA) is 135 Å². The van der Waals surface area contributed by atoms with Gasteiger partial charge in [0, 0.05) is 32.6 Å². The summed E-state index contributed by atoms with van der Waals surface area (Å²) in [6, 6.07) is 8.45. The SMILES string of the molecule is CC(=O)OC1[C@H](OC(=O)c2ccccc2)/C(C)=C/[C@@]23O[C@@]2(C[C@@H](C)[C@@H]3OC(C)=O)C(=O)[C@H](C)[C@H](OC(C)=O)[C@@H]2[C@H]1C2(C)C. The summed E-state index contributed by atoms with van der Waals surface area (Å²) in [4.78, 5) is 65.0. The van der Waals surface area contributed by atoms with E-state index >= 15 is 0 Å². The predicted octanol–water partition coefficient (Wildman–Crippen LogP) is 3.99. The van der Waals surface area contributed by atoms with Crippen LogP contribution in [0, 0.1) is 29.1 Å². The second-order valence-electron chi connectivity index (χ2n) is 13.2. The van der Waals surface area contributed by atoms with Gasteiger partial charge in [0.25, 0.3) is 0 Å². The van der Waals surface area contributed by atoms with Crippen molar-refractivity contribution in [2.45, 2.75) is 97.4 Å². The Bertz CT molecular complexity index is 1380. The fourth-order valence-electron chi connectivity index (χ4n) is 7.97. The zero-order valence-electron chi connectivity index (χ0n) is 25.9. The Morgan fingerprint density at radius 3 is 1.98 bits per heavy atom. The van der Waals surface area contributed by atoms with Crippen LogP contribution in [0.25, 0.3) is 0 Å². The maximum absolute atomic E-state index is 14.4. The number of rotatable bonds is 5. The van der Waals surface area contributed by atoms with Gasteiger partial charge in [-0.1, -0.05) is 45.9 Å². The minimum atomic E-state index is -1.34. The maximum Gasteiger partial charge on any atom is 0.338 e. The number of esters is 4. The number of ketones is 1. The zero-order chi connectivity index (χ0) is 31.6. The fraction of sp³-hybridized carbons (Fsp3) is 0.606. The number of fused-ring (bicyclic) bond motifs is 1. The van der Waals surface area contributed by atoms with Gasteiger partial charge in [0.05, 0.1) is 11.5 Å². The van der Waals surface area contributed by atoms with Gasteiger partial charge in [-0.15, -0.1) is 0 Å². The summed E-state index contributed by atoms with van der Waals surface area (Å²) in [6.07, 6.45) is -1.73. The molecule has 3 aliphatic carbocycles. The summed E-state index contributed by atoms with van der Waals surface area (Å²) < 4.78 is 30.1. The van der Waals surface area contributed by atoms with Crippen molar-refractivity contribution in [1.82, 2.24) is 0 Å². The molecule has 10 nitrogen and oxygen atoms in total. The van der Waals surface area contributed by atoms with E-state index in [1.807, 2.05) is 20.8 Å². The first-order valence-electron chi connectivity index (χ1n) is 14.8. The van der Waals surface area contributed by atoms with E-state index in [1.165, 1.54) is 20.8 Å². The normalized spacial score (nSPS) is 40.2. The molecule has 1 aromatic carbocycles. The van der Waals surface area contributed by atoms with Crippen molar-refractivity contribution >= 4 is 29.7 Å². The van der Waals surface area contributed by atoms with Gasteiger partial charge in [-0.25, -0.2) is 4.79 Å². The van der Waals surface area contributed by atoms with Crippen molar-refractivity contribution < 1.29 is 47.7 Å². The highest BCUT2D eigenvalue weighted by molar-refractivity contribution is 5.96. The first kappa shape index (κ1) is 30.9. The maximum atomic E-state index is 14.4. The molecule has 0 bridgehead atoms. The van der Waals surface area contributed by atoms with E-state index in [1.54, 1.807) is 50.3 Å². The molecule has 43 heavy (non-hydrogen) atoms. The van der Waals surface area contributed by atoms with Crippen LogP contribution in [-0.2, 0) is 42.9 Å². The summed E-state index contributed by atoms with van der Waals surface area (Å²) in [5, 5.41) is 0. The van der Waals surface area contributed by atoms with Gasteiger partial charge in [-0.2, -0.15) is 0 Å². The standard InChI is InChI=1S/C33H40O10/c1-16-14-33-29(41-21(6)36)17(2)15-32(33,43-33)28(37)18(3)26(39-19(4)34)23-24(31(23,7)8)27(40-20(5)35)25(16)42-30(38)22-12-10-9-11-13-22/h9-14,17-18,23-27,29H,15H2,1-8H3/b16-14+/t17-,18-,23+,24-,25-,26+,27?,29+,32+,33+/m1/s1. The molecule has 1 aliphatic heterocycles. The van der Waals surface area contributed by atoms with E-state index in [9.17, 15) is 24.0 Å². The predicted molar refractivity (Wildman–Crippen MR) is 151 cm³/mol. The van der Waals surface area contributed by atoms with Crippen molar-refractivity contribution in [1.29, 1.82) is 0 Å². The molecule has 0 N–H and O–H groups in total. The van der Waals surface area contributed by atoms with Gasteiger partial charge in [0.1, 0.15) is 18.3 Å². The smallest absolute Gasteiger partial charge is 0.338 e. The number of ether oxygens (including phenoxy) is 5. The fourth-order valence-corrected chi connectivity index (χ4v) is 7.97. The molecule has 10 heteroatoms.